The molecular weight excluding hydrogens is 306 g/mol. The van der Waals surface area contributed by atoms with Gasteiger partial charge in [0.25, 0.3) is 0 Å². The molecule has 3 nitrogen and oxygen atoms in total. The van der Waals surface area contributed by atoms with E-state index in [0.717, 1.165) is 18.4 Å². The fraction of sp³-hybridized carbons (Fsp3) is 0.421. The van der Waals surface area contributed by atoms with E-state index < -0.39 is 0 Å². The molecule has 1 aliphatic rings. The SMILES string of the molecule is Cc1ccc(C2CC2C(=O)NC(CCCO)c2ccccc2)s1. The Labute approximate surface area is 141 Å². The van der Waals surface area contributed by atoms with E-state index in [2.05, 4.69) is 24.4 Å². The van der Waals surface area contributed by atoms with Crippen LogP contribution in [0, 0.1) is 12.8 Å². The summed E-state index contributed by atoms with van der Waals surface area (Å²) in [5.41, 5.74) is 1.11. The van der Waals surface area contributed by atoms with Crippen molar-refractivity contribution in [3.8, 4) is 0 Å². The number of aliphatic hydroxyl groups excluding tert-OH is 1. The maximum Gasteiger partial charge on any atom is 0.224 e. The molecule has 1 heterocycles. The van der Waals surface area contributed by atoms with Crippen molar-refractivity contribution < 1.29 is 9.90 Å². The first-order valence-electron chi connectivity index (χ1n) is 8.21. The average molecular weight is 329 g/mol. The lowest BCUT2D eigenvalue weighted by atomic mass is 10.0. The zero-order valence-corrected chi connectivity index (χ0v) is 14.2. The van der Waals surface area contributed by atoms with Gasteiger partial charge in [0.2, 0.25) is 5.91 Å². The van der Waals surface area contributed by atoms with Gasteiger partial charge in [-0.15, -0.1) is 11.3 Å². The molecule has 3 unspecified atom stereocenters. The van der Waals surface area contributed by atoms with Gasteiger partial charge in [0.05, 0.1) is 6.04 Å². The van der Waals surface area contributed by atoms with Crippen molar-refractivity contribution >= 4 is 17.2 Å². The largest absolute Gasteiger partial charge is 0.396 e. The van der Waals surface area contributed by atoms with Crippen molar-refractivity contribution in [2.24, 2.45) is 5.92 Å². The van der Waals surface area contributed by atoms with Crippen molar-refractivity contribution in [1.82, 2.24) is 5.32 Å². The number of nitrogens with one attached hydrogen (secondary N) is 1. The zero-order chi connectivity index (χ0) is 16.2. The van der Waals surface area contributed by atoms with E-state index in [4.69, 9.17) is 5.11 Å². The van der Waals surface area contributed by atoms with E-state index in [9.17, 15) is 4.79 Å². The van der Waals surface area contributed by atoms with Crippen LogP contribution >= 0.6 is 11.3 Å². The topological polar surface area (TPSA) is 49.3 Å². The number of aryl methyl sites for hydroxylation is 1. The lowest BCUT2D eigenvalue weighted by molar-refractivity contribution is -0.123. The minimum Gasteiger partial charge on any atom is -0.396 e. The molecule has 1 amide bonds. The first-order chi connectivity index (χ1) is 11.2. The van der Waals surface area contributed by atoms with E-state index in [1.165, 1.54) is 9.75 Å². The number of aliphatic hydroxyl groups is 1. The smallest absolute Gasteiger partial charge is 0.224 e. The van der Waals surface area contributed by atoms with Crippen LogP contribution in [-0.4, -0.2) is 17.6 Å². The van der Waals surface area contributed by atoms with Crippen LogP contribution in [-0.2, 0) is 4.79 Å². The van der Waals surface area contributed by atoms with Crippen molar-refractivity contribution in [2.75, 3.05) is 6.61 Å². The lowest BCUT2D eigenvalue weighted by Crippen LogP contribution is -2.30. The summed E-state index contributed by atoms with van der Waals surface area (Å²) < 4.78 is 0. The molecule has 1 saturated carbocycles. The number of hydrogen-bond acceptors (Lipinski definition) is 3. The van der Waals surface area contributed by atoms with Gasteiger partial charge in [-0.2, -0.15) is 0 Å². The summed E-state index contributed by atoms with van der Waals surface area (Å²) >= 11 is 1.80. The minimum absolute atomic E-state index is 0.0119. The second-order valence-electron chi connectivity index (χ2n) is 6.23. The molecule has 0 bridgehead atoms. The van der Waals surface area contributed by atoms with Gasteiger partial charge >= 0.3 is 0 Å². The molecule has 0 saturated heterocycles. The highest BCUT2D eigenvalue weighted by molar-refractivity contribution is 7.12. The molecule has 23 heavy (non-hydrogen) atoms. The standard InChI is InChI=1S/C19H23NO2S/c1-13-9-10-18(23-13)15-12-16(15)19(22)20-17(8-5-11-21)14-6-3-2-4-7-14/h2-4,6-7,9-10,15-17,21H,5,8,11-12H2,1H3,(H,20,22). The average Bonchev–Trinajstić information content (AvgIpc) is 3.26. The van der Waals surface area contributed by atoms with Crippen LogP contribution in [0.15, 0.2) is 42.5 Å². The number of carbonyl (C=O) groups is 1. The van der Waals surface area contributed by atoms with Gasteiger partial charge < -0.3 is 10.4 Å². The van der Waals surface area contributed by atoms with Crippen molar-refractivity contribution in [3.63, 3.8) is 0 Å². The third-order valence-electron chi connectivity index (χ3n) is 4.42. The highest BCUT2D eigenvalue weighted by atomic mass is 32.1. The fourth-order valence-electron chi connectivity index (χ4n) is 3.03. The number of thiophene rings is 1. The van der Waals surface area contributed by atoms with Gasteiger partial charge in [0.15, 0.2) is 0 Å². The number of carbonyl (C=O) groups excluding carboxylic acids is 1. The summed E-state index contributed by atoms with van der Waals surface area (Å²) in [4.78, 5) is 15.2. The molecule has 1 aromatic heterocycles. The number of amides is 1. The second kappa shape index (κ2) is 7.28. The highest BCUT2D eigenvalue weighted by Crippen LogP contribution is 2.50. The van der Waals surface area contributed by atoms with Crippen LogP contribution < -0.4 is 5.32 Å². The van der Waals surface area contributed by atoms with Crippen molar-refractivity contribution in [3.05, 3.63) is 57.8 Å². The summed E-state index contributed by atoms with van der Waals surface area (Å²) in [6.07, 6.45) is 2.41. The quantitative estimate of drug-likeness (QED) is 0.812. The van der Waals surface area contributed by atoms with Crippen LogP contribution in [0.5, 0.6) is 0 Å². The van der Waals surface area contributed by atoms with Gasteiger partial charge in [-0.3, -0.25) is 4.79 Å². The van der Waals surface area contributed by atoms with Crippen LogP contribution in [0.1, 0.15) is 46.5 Å². The Kier molecular flexibility index (Phi) is 5.13. The fourth-order valence-corrected chi connectivity index (χ4v) is 4.09. The molecule has 1 fully saturated rings. The molecule has 1 aliphatic carbocycles. The molecule has 2 aromatic rings. The van der Waals surface area contributed by atoms with Crippen molar-refractivity contribution in [2.45, 2.75) is 38.1 Å². The monoisotopic (exact) mass is 329 g/mol. The lowest BCUT2D eigenvalue weighted by Gasteiger charge is -2.19. The normalized spacial score (nSPS) is 21.0. The van der Waals surface area contributed by atoms with Gasteiger partial charge in [0.1, 0.15) is 0 Å². The minimum atomic E-state index is -0.0119. The van der Waals surface area contributed by atoms with Crippen LogP contribution in [0.2, 0.25) is 0 Å². The van der Waals surface area contributed by atoms with E-state index in [1.54, 1.807) is 11.3 Å². The van der Waals surface area contributed by atoms with Gasteiger partial charge in [-0.25, -0.2) is 0 Å². The van der Waals surface area contributed by atoms with Gasteiger partial charge in [0, 0.05) is 28.2 Å². The molecule has 4 heteroatoms. The van der Waals surface area contributed by atoms with Crippen LogP contribution in [0.25, 0.3) is 0 Å². The maximum atomic E-state index is 12.6. The summed E-state index contributed by atoms with van der Waals surface area (Å²) in [6, 6.07) is 14.3. The Morgan fingerprint density at radius 3 is 2.74 bits per heavy atom. The number of rotatable bonds is 7. The third kappa shape index (κ3) is 4.01. The Morgan fingerprint density at radius 1 is 1.30 bits per heavy atom. The second-order valence-corrected chi connectivity index (χ2v) is 7.55. The van der Waals surface area contributed by atoms with E-state index >= 15 is 0 Å². The predicted molar refractivity (Wildman–Crippen MR) is 93.5 cm³/mol. The zero-order valence-electron chi connectivity index (χ0n) is 13.4. The Hall–Kier alpha value is -1.65. The highest BCUT2D eigenvalue weighted by Gasteiger charge is 2.45. The van der Waals surface area contributed by atoms with Crippen molar-refractivity contribution in [1.29, 1.82) is 0 Å². The summed E-state index contributed by atoms with van der Waals surface area (Å²) in [7, 11) is 0. The Morgan fingerprint density at radius 2 is 2.09 bits per heavy atom. The van der Waals surface area contributed by atoms with Crippen LogP contribution in [0.4, 0.5) is 0 Å². The Balaban J connectivity index is 1.62. The third-order valence-corrected chi connectivity index (χ3v) is 5.56. The molecule has 1 aromatic carbocycles. The first-order valence-corrected chi connectivity index (χ1v) is 9.03. The first kappa shape index (κ1) is 16.2. The van der Waals surface area contributed by atoms with Crippen LogP contribution in [0.3, 0.4) is 0 Å². The molecule has 0 aliphatic heterocycles. The van der Waals surface area contributed by atoms with Gasteiger partial charge in [-0.1, -0.05) is 30.3 Å². The number of hydrogen-bond donors (Lipinski definition) is 2. The molecular formula is C19H23NO2S. The molecule has 0 radical (unpaired) electrons. The number of benzene rings is 1. The van der Waals surface area contributed by atoms with Gasteiger partial charge in [-0.05, 0) is 43.9 Å². The molecule has 0 spiro atoms. The molecule has 3 rings (SSSR count). The molecule has 3 atom stereocenters. The maximum absolute atomic E-state index is 12.6. The molecule has 2 N–H and O–H groups in total. The van der Waals surface area contributed by atoms with E-state index in [-0.39, 0.29) is 24.5 Å². The Bertz CT molecular complexity index is 652. The predicted octanol–water partition coefficient (Wildman–Crippen LogP) is 3.79. The summed E-state index contributed by atoms with van der Waals surface area (Å²) in [6.45, 7) is 2.26. The molecule has 122 valence electrons. The van der Waals surface area contributed by atoms with E-state index in [1.807, 2.05) is 30.3 Å². The summed E-state index contributed by atoms with van der Waals surface area (Å²) in [5, 5.41) is 12.3. The summed E-state index contributed by atoms with van der Waals surface area (Å²) in [5.74, 6) is 0.643. The van der Waals surface area contributed by atoms with E-state index in [0.29, 0.717) is 12.3 Å².